The van der Waals surface area contributed by atoms with Crippen molar-refractivity contribution in [2.75, 3.05) is 18.5 Å². The normalized spacial score (nSPS) is 10.5. The molecule has 3 heteroatoms. The standard InChI is InChI=1S/C16H28P.BrH.H3N/c1-4-12-17(13-5-2,14-6-3)15-16-10-8-7-9-11-16;;/h7-11H,4-6,12-15H2,1-3H3;1H;1H3/q+1;;. The SMILES string of the molecule is Br.CCC[P+](CCC)(CCC)Cc1ccccc1.N. The van der Waals surface area contributed by atoms with Crippen molar-refractivity contribution >= 4 is 24.2 Å². The van der Waals surface area contributed by atoms with Gasteiger partial charge < -0.3 is 6.15 Å². The monoisotopic (exact) mass is 348 g/mol. The summed E-state index contributed by atoms with van der Waals surface area (Å²) in [5.41, 5.74) is 1.57. The van der Waals surface area contributed by atoms with E-state index in [1.54, 1.807) is 5.56 Å². The molecule has 0 radical (unpaired) electrons. The molecule has 0 fully saturated rings. The Morgan fingerprint density at radius 1 is 0.789 bits per heavy atom. The van der Waals surface area contributed by atoms with Gasteiger partial charge in [0.25, 0.3) is 0 Å². The maximum absolute atomic E-state index is 2.35. The Morgan fingerprint density at radius 2 is 1.21 bits per heavy atom. The van der Waals surface area contributed by atoms with Gasteiger partial charge in [0, 0.05) is 7.26 Å². The molecule has 0 unspecified atom stereocenters. The van der Waals surface area contributed by atoms with E-state index in [1.807, 2.05) is 0 Å². The van der Waals surface area contributed by atoms with Crippen LogP contribution in [0.15, 0.2) is 30.3 Å². The largest absolute Gasteiger partial charge is 0.344 e. The number of hydrogen-bond acceptors (Lipinski definition) is 1. The van der Waals surface area contributed by atoms with Crippen molar-refractivity contribution in [3.63, 3.8) is 0 Å². The third kappa shape index (κ3) is 7.44. The molecular formula is C16H32BrNP+. The Kier molecular flexibility index (Phi) is 13.4. The van der Waals surface area contributed by atoms with E-state index in [-0.39, 0.29) is 23.1 Å². The summed E-state index contributed by atoms with van der Waals surface area (Å²) in [6, 6.07) is 11.1. The third-order valence-electron chi connectivity index (χ3n) is 3.45. The smallest absolute Gasteiger partial charge is 0.0842 e. The van der Waals surface area contributed by atoms with E-state index in [9.17, 15) is 0 Å². The maximum Gasteiger partial charge on any atom is 0.0842 e. The molecular weight excluding hydrogens is 317 g/mol. The first-order chi connectivity index (χ1) is 8.26. The molecule has 0 aliphatic rings. The van der Waals surface area contributed by atoms with E-state index in [4.69, 9.17) is 0 Å². The van der Waals surface area contributed by atoms with Gasteiger partial charge in [-0.2, -0.15) is 0 Å². The fourth-order valence-electron chi connectivity index (χ4n) is 2.97. The average molecular weight is 349 g/mol. The van der Waals surface area contributed by atoms with E-state index in [0.29, 0.717) is 0 Å². The Bertz CT molecular complexity index is 286. The van der Waals surface area contributed by atoms with Gasteiger partial charge in [-0.1, -0.05) is 51.1 Å². The van der Waals surface area contributed by atoms with Gasteiger partial charge in [-0.3, -0.25) is 0 Å². The first-order valence-corrected chi connectivity index (χ1v) is 9.68. The highest BCUT2D eigenvalue weighted by Crippen LogP contribution is 2.62. The van der Waals surface area contributed by atoms with Gasteiger partial charge in [0.15, 0.2) is 0 Å². The van der Waals surface area contributed by atoms with Gasteiger partial charge >= 0.3 is 0 Å². The molecule has 1 nitrogen and oxygen atoms in total. The van der Waals surface area contributed by atoms with Crippen LogP contribution in [0, 0.1) is 0 Å². The fourth-order valence-corrected chi connectivity index (χ4v) is 7.94. The fraction of sp³-hybridized carbons (Fsp3) is 0.625. The van der Waals surface area contributed by atoms with Crippen LogP contribution in [0.3, 0.4) is 0 Å². The third-order valence-corrected chi connectivity index (χ3v) is 8.68. The van der Waals surface area contributed by atoms with E-state index in [1.165, 1.54) is 43.9 Å². The summed E-state index contributed by atoms with van der Waals surface area (Å²) in [5, 5.41) is 0. The molecule has 112 valence electrons. The van der Waals surface area contributed by atoms with Crippen molar-refractivity contribution in [1.29, 1.82) is 0 Å². The lowest BCUT2D eigenvalue weighted by Crippen LogP contribution is -2.10. The predicted molar refractivity (Wildman–Crippen MR) is 97.9 cm³/mol. The average Bonchev–Trinajstić information content (AvgIpc) is 2.31. The van der Waals surface area contributed by atoms with Gasteiger partial charge in [0.2, 0.25) is 0 Å². The summed E-state index contributed by atoms with van der Waals surface area (Å²) in [7, 11) is -0.718. The number of halogens is 1. The minimum atomic E-state index is -0.718. The topological polar surface area (TPSA) is 35.0 Å². The van der Waals surface area contributed by atoms with Crippen LogP contribution in [0.1, 0.15) is 45.6 Å². The molecule has 0 atom stereocenters. The van der Waals surface area contributed by atoms with Crippen molar-refractivity contribution < 1.29 is 0 Å². The molecule has 1 aromatic rings. The molecule has 0 saturated heterocycles. The van der Waals surface area contributed by atoms with E-state index < -0.39 is 7.26 Å². The van der Waals surface area contributed by atoms with Gasteiger partial charge in [-0.25, -0.2) is 0 Å². The van der Waals surface area contributed by atoms with Crippen LogP contribution >= 0.6 is 24.2 Å². The number of rotatable bonds is 8. The van der Waals surface area contributed by atoms with Crippen LogP contribution in [0.5, 0.6) is 0 Å². The molecule has 0 aliphatic heterocycles. The van der Waals surface area contributed by atoms with Crippen molar-refractivity contribution in [2.45, 2.75) is 46.2 Å². The summed E-state index contributed by atoms with van der Waals surface area (Å²) in [6.45, 7) is 7.06. The lowest BCUT2D eigenvalue weighted by molar-refractivity contribution is 0.984. The van der Waals surface area contributed by atoms with Gasteiger partial charge in [-0.15, -0.1) is 17.0 Å². The predicted octanol–water partition coefficient (Wildman–Crippen LogP) is 6.17. The summed E-state index contributed by atoms with van der Waals surface area (Å²) in [4.78, 5) is 0. The van der Waals surface area contributed by atoms with Gasteiger partial charge in [-0.05, 0) is 24.8 Å². The van der Waals surface area contributed by atoms with Crippen LogP contribution in [0.4, 0.5) is 0 Å². The molecule has 0 aliphatic carbocycles. The second kappa shape index (κ2) is 11.9. The van der Waals surface area contributed by atoms with Crippen LogP contribution in [0.2, 0.25) is 0 Å². The van der Waals surface area contributed by atoms with E-state index in [0.717, 1.165) is 0 Å². The first-order valence-electron chi connectivity index (χ1n) is 7.15. The number of hydrogen-bond donors (Lipinski definition) is 1. The molecule has 0 aromatic heterocycles. The Morgan fingerprint density at radius 3 is 1.58 bits per heavy atom. The Hall–Kier alpha value is 0.0900. The lowest BCUT2D eigenvalue weighted by atomic mass is 10.2. The molecule has 0 spiro atoms. The summed E-state index contributed by atoms with van der Waals surface area (Å²) in [5.74, 6) is 0. The molecule has 0 bridgehead atoms. The second-order valence-corrected chi connectivity index (χ2v) is 9.50. The highest BCUT2D eigenvalue weighted by atomic mass is 79.9. The molecule has 1 aromatic carbocycles. The minimum absolute atomic E-state index is 0. The van der Waals surface area contributed by atoms with Crippen molar-refractivity contribution in [3.05, 3.63) is 35.9 Å². The zero-order valence-corrected chi connectivity index (χ0v) is 15.5. The summed E-state index contributed by atoms with van der Waals surface area (Å²) < 4.78 is 0. The van der Waals surface area contributed by atoms with Gasteiger partial charge in [0.1, 0.15) is 0 Å². The van der Waals surface area contributed by atoms with Crippen LogP contribution < -0.4 is 6.15 Å². The maximum atomic E-state index is 2.35. The van der Waals surface area contributed by atoms with E-state index >= 15 is 0 Å². The van der Waals surface area contributed by atoms with Crippen LogP contribution in [0.25, 0.3) is 0 Å². The minimum Gasteiger partial charge on any atom is -0.344 e. The summed E-state index contributed by atoms with van der Waals surface area (Å²) >= 11 is 0. The zero-order chi connectivity index (χ0) is 12.6. The Labute approximate surface area is 131 Å². The molecule has 3 N–H and O–H groups in total. The molecule has 19 heavy (non-hydrogen) atoms. The highest BCUT2D eigenvalue weighted by molar-refractivity contribution is 8.93. The molecule has 0 saturated carbocycles. The van der Waals surface area contributed by atoms with Crippen LogP contribution in [-0.2, 0) is 6.16 Å². The van der Waals surface area contributed by atoms with Crippen molar-refractivity contribution in [1.82, 2.24) is 6.15 Å². The first kappa shape index (κ1) is 21.4. The molecule has 0 amide bonds. The zero-order valence-electron chi connectivity index (χ0n) is 12.9. The highest BCUT2D eigenvalue weighted by Gasteiger charge is 2.34. The quantitative estimate of drug-likeness (QED) is 0.559. The van der Waals surface area contributed by atoms with Gasteiger partial charge in [0.05, 0.1) is 24.6 Å². The second-order valence-electron chi connectivity index (χ2n) is 5.16. The summed E-state index contributed by atoms with van der Waals surface area (Å²) in [6.07, 6.45) is 9.93. The Balaban J connectivity index is 0. The van der Waals surface area contributed by atoms with Crippen LogP contribution in [-0.4, -0.2) is 18.5 Å². The number of benzene rings is 1. The molecule has 1 rings (SSSR count). The van der Waals surface area contributed by atoms with E-state index in [2.05, 4.69) is 51.1 Å². The van der Waals surface area contributed by atoms with Crippen molar-refractivity contribution in [2.24, 2.45) is 0 Å². The lowest BCUT2D eigenvalue weighted by Gasteiger charge is -2.27. The van der Waals surface area contributed by atoms with Crippen molar-refractivity contribution in [3.8, 4) is 0 Å². The molecule has 0 heterocycles.